The van der Waals surface area contributed by atoms with Gasteiger partial charge in [-0.2, -0.15) is 12.7 Å². The second-order valence-electron chi connectivity index (χ2n) is 4.95. The molecule has 0 radical (unpaired) electrons. The van der Waals surface area contributed by atoms with Crippen molar-refractivity contribution in [3.05, 3.63) is 28.8 Å². The van der Waals surface area contributed by atoms with Crippen molar-refractivity contribution >= 4 is 37.5 Å². The molecule has 22 heavy (non-hydrogen) atoms. The molecule has 0 spiro atoms. The Morgan fingerprint density at radius 3 is 2.27 bits per heavy atom. The van der Waals surface area contributed by atoms with Crippen molar-refractivity contribution in [2.45, 2.75) is 6.92 Å². The molecule has 1 aromatic carbocycles. The first-order chi connectivity index (χ1) is 9.95. The average Bonchev–Trinajstić information content (AvgIpc) is 2.36. The summed E-state index contributed by atoms with van der Waals surface area (Å²) in [6, 6.07) is 4.91. The third-order valence-electron chi connectivity index (χ3n) is 2.92. The van der Waals surface area contributed by atoms with Gasteiger partial charge in [0.15, 0.2) is 0 Å². The molecule has 0 aromatic heterocycles. The Balaban J connectivity index is 3.00. The number of sulfonamides is 1. The van der Waals surface area contributed by atoms with Crippen LogP contribution in [-0.2, 0) is 20.2 Å². The van der Waals surface area contributed by atoms with Gasteiger partial charge in [0, 0.05) is 32.2 Å². The molecule has 0 saturated carbocycles. The topological polar surface area (TPSA) is 86.8 Å². The first kappa shape index (κ1) is 19.2. The fraction of sp³-hybridized carbons (Fsp3) is 0.500. The van der Waals surface area contributed by atoms with Crippen LogP contribution in [0.3, 0.4) is 0 Å². The number of rotatable bonds is 7. The van der Waals surface area contributed by atoms with Crippen LogP contribution in [0.1, 0.15) is 5.56 Å². The summed E-state index contributed by atoms with van der Waals surface area (Å²) >= 11 is 5.92. The first-order valence-electron chi connectivity index (χ1n) is 6.36. The summed E-state index contributed by atoms with van der Waals surface area (Å²) in [7, 11) is -4.40. The fourth-order valence-corrected chi connectivity index (χ4v) is 3.47. The van der Waals surface area contributed by atoms with E-state index in [1.54, 1.807) is 25.1 Å². The molecule has 1 N–H and O–H groups in total. The monoisotopic (exact) mass is 369 g/mol. The zero-order chi connectivity index (χ0) is 17.1. The van der Waals surface area contributed by atoms with Gasteiger partial charge in [0.1, 0.15) is 0 Å². The second-order valence-corrected chi connectivity index (χ2v) is 9.26. The summed E-state index contributed by atoms with van der Waals surface area (Å²) in [5.41, 5.74) is 1.16. The molecule has 0 heterocycles. The number of nitrogens with zero attached hydrogens (tertiary/aromatic N) is 2. The van der Waals surface area contributed by atoms with Crippen LogP contribution in [0.4, 0.5) is 5.69 Å². The van der Waals surface area contributed by atoms with E-state index in [0.717, 1.165) is 20.4 Å². The SMILES string of the molecule is Cc1ccc(Cl)cc1N(CCNS(=O)(=O)N(C)C)S(C)(=O)=O. The highest BCUT2D eigenvalue weighted by atomic mass is 35.5. The van der Waals surface area contributed by atoms with Gasteiger partial charge in [0.05, 0.1) is 11.9 Å². The van der Waals surface area contributed by atoms with Crippen molar-refractivity contribution in [2.24, 2.45) is 0 Å². The van der Waals surface area contributed by atoms with E-state index in [-0.39, 0.29) is 13.1 Å². The summed E-state index contributed by atoms with van der Waals surface area (Å²) in [4.78, 5) is 0. The van der Waals surface area contributed by atoms with E-state index in [9.17, 15) is 16.8 Å². The maximum absolute atomic E-state index is 12.0. The third-order valence-corrected chi connectivity index (χ3v) is 5.87. The number of hydrogen-bond donors (Lipinski definition) is 1. The van der Waals surface area contributed by atoms with E-state index in [2.05, 4.69) is 4.72 Å². The number of anilines is 1. The minimum atomic E-state index is -3.60. The fourth-order valence-electron chi connectivity index (χ4n) is 1.72. The van der Waals surface area contributed by atoms with Gasteiger partial charge in [0.25, 0.3) is 10.2 Å². The lowest BCUT2D eigenvalue weighted by Crippen LogP contribution is -2.42. The highest BCUT2D eigenvalue weighted by Gasteiger charge is 2.21. The number of nitrogens with one attached hydrogen (secondary N) is 1. The lowest BCUT2D eigenvalue weighted by Gasteiger charge is -2.24. The zero-order valence-corrected chi connectivity index (χ0v) is 15.3. The molecule has 0 bridgehead atoms. The molecule has 1 rings (SSSR count). The van der Waals surface area contributed by atoms with Gasteiger partial charge < -0.3 is 0 Å². The van der Waals surface area contributed by atoms with Crippen LogP contribution < -0.4 is 9.03 Å². The molecule has 0 unspecified atom stereocenters. The van der Waals surface area contributed by atoms with Gasteiger partial charge in [0.2, 0.25) is 10.0 Å². The van der Waals surface area contributed by atoms with Crippen LogP contribution in [0, 0.1) is 6.92 Å². The summed E-state index contributed by atoms with van der Waals surface area (Å²) in [6.45, 7) is 1.67. The van der Waals surface area contributed by atoms with Crippen molar-refractivity contribution in [2.75, 3.05) is 37.7 Å². The normalized spacial score (nSPS) is 12.6. The smallest absolute Gasteiger partial charge is 0.269 e. The van der Waals surface area contributed by atoms with Crippen LogP contribution >= 0.6 is 11.6 Å². The van der Waals surface area contributed by atoms with Crippen molar-refractivity contribution in [3.8, 4) is 0 Å². The molecule has 0 saturated heterocycles. The second kappa shape index (κ2) is 7.14. The Hall–Kier alpha value is -0.870. The summed E-state index contributed by atoms with van der Waals surface area (Å²) in [6.07, 6.45) is 1.06. The molecule has 0 atom stereocenters. The van der Waals surface area contributed by atoms with E-state index in [1.165, 1.54) is 14.1 Å². The third kappa shape index (κ3) is 5.10. The lowest BCUT2D eigenvalue weighted by molar-refractivity contribution is 0.506. The van der Waals surface area contributed by atoms with Crippen LogP contribution in [-0.4, -0.2) is 54.6 Å². The van der Waals surface area contributed by atoms with Crippen LogP contribution in [0.15, 0.2) is 18.2 Å². The van der Waals surface area contributed by atoms with Gasteiger partial charge >= 0.3 is 0 Å². The molecule has 0 aliphatic carbocycles. The van der Waals surface area contributed by atoms with Gasteiger partial charge in [-0.1, -0.05) is 17.7 Å². The van der Waals surface area contributed by atoms with Crippen molar-refractivity contribution in [1.82, 2.24) is 9.03 Å². The minimum absolute atomic E-state index is 0.0346. The highest BCUT2D eigenvalue weighted by Crippen LogP contribution is 2.25. The maximum atomic E-state index is 12.0. The zero-order valence-electron chi connectivity index (χ0n) is 12.9. The molecular weight excluding hydrogens is 350 g/mol. The van der Waals surface area contributed by atoms with E-state index in [1.807, 2.05) is 0 Å². The molecule has 0 amide bonds. The predicted octanol–water partition coefficient (Wildman–Crippen LogP) is 0.810. The minimum Gasteiger partial charge on any atom is -0.269 e. The summed E-state index contributed by atoms with van der Waals surface area (Å²) in [5.74, 6) is 0. The number of aryl methyl sites for hydroxylation is 1. The van der Waals surface area contributed by atoms with Gasteiger partial charge in [-0.15, -0.1) is 0 Å². The van der Waals surface area contributed by atoms with Crippen molar-refractivity contribution in [1.29, 1.82) is 0 Å². The van der Waals surface area contributed by atoms with Crippen molar-refractivity contribution < 1.29 is 16.8 Å². The van der Waals surface area contributed by atoms with Crippen LogP contribution in [0.25, 0.3) is 0 Å². The van der Waals surface area contributed by atoms with E-state index < -0.39 is 20.2 Å². The Labute approximate surface area is 137 Å². The Bertz CT molecular complexity index is 733. The molecular formula is C12H20ClN3O4S2. The molecule has 126 valence electrons. The quantitative estimate of drug-likeness (QED) is 0.770. The molecule has 1 aromatic rings. The van der Waals surface area contributed by atoms with E-state index in [4.69, 9.17) is 11.6 Å². The summed E-state index contributed by atoms with van der Waals surface area (Å²) in [5, 5.41) is 0.406. The molecule has 0 aliphatic heterocycles. The van der Waals surface area contributed by atoms with Gasteiger partial charge in [-0.05, 0) is 24.6 Å². The highest BCUT2D eigenvalue weighted by molar-refractivity contribution is 7.92. The Morgan fingerprint density at radius 1 is 1.18 bits per heavy atom. The largest absolute Gasteiger partial charge is 0.278 e. The lowest BCUT2D eigenvalue weighted by atomic mass is 10.2. The first-order valence-corrected chi connectivity index (χ1v) is 10.0. The molecule has 10 heteroatoms. The molecule has 7 nitrogen and oxygen atoms in total. The van der Waals surface area contributed by atoms with Crippen LogP contribution in [0.2, 0.25) is 5.02 Å². The number of halogens is 1. The Kier molecular flexibility index (Phi) is 6.22. The maximum Gasteiger partial charge on any atom is 0.278 e. The van der Waals surface area contributed by atoms with Crippen LogP contribution in [0.5, 0.6) is 0 Å². The van der Waals surface area contributed by atoms with Gasteiger partial charge in [-0.3, -0.25) is 4.31 Å². The summed E-state index contributed by atoms with van der Waals surface area (Å²) < 4.78 is 51.7. The van der Waals surface area contributed by atoms with Crippen molar-refractivity contribution in [3.63, 3.8) is 0 Å². The molecule has 0 aliphatic rings. The van der Waals surface area contributed by atoms with Gasteiger partial charge in [-0.25, -0.2) is 13.1 Å². The van der Waals surface area contributed by atoms with E-state index in [0.29, 0.717) is 10.7 Å². The predicted molar refractivity (Wildman–Crippen MR) is 89.0 cm³/mol. The molecule has 0 fully saturated rings. The average molecular weight is 370 g/mol. The number of benzene rings is 1. The standard InChI is InChI=1S/C12H20ClN3O4S2/c1-10-5-6-11(13)9-12(10)16(21(4,17)18)8-7-14-22(19,20)15(2)3/h5-6,9,14H,7-8H2,1-4H3. The van der Waals surface area contributed by atoms with E-state index >= 15 is 0 Å². The number of hydrogen-bond acceptors (Lipinski definition) is 4. The Morgan fingerprint density at radius 2 is 1.77 bits per heavy atom.